The van der Waals surface area contributed by atoms with Gasteiger partial charge in [0.2, 0.25) is 11.8 Å². The van der Waals surface area contributed by atoms with E-state index in [1.54, 1.807) is 106 Å². The smallest absolute Gasteiger partial charge is 0.343 e. The van der Waals surface area contributed by atoms with Crippen molar-refractivity contribution < 1.29 is 66.8 Å². The number of ether oxygens (including phenoxy) is 6. The molecule has 6 aromatic rings. The molecule has 7 rings (SSSR count). The number of benzene rings is 6. The number of anilines is 1. The van der Waals surface area contributed by atoms with Gasteiger partial charge in [0.15, 0.2) is 0 Å². The van der Waals surface area contributed by atoms with Gasteiger partial charge in [-0.15, -0.1) is 0 Å². The Balaban J connectivity index is 0.898. The van der Waals surface area contributed by atoms with Crippen molar-refractivity contribution in [3.8, 4) is 23.0 Å². The fourth-order valence-electron chi connectivity index (χ4n) is 7.90. The Bertz CT molecular complexity index is 3050. The molecule has 0 spiro atoms. The summed E-state index contributed by atoms with van der Waals surface area (Å²) in [4.78, 5) is 104. The largest absolute Gasteiger partial charge is 0.463 e. The van der Waals surface area contributed by atoms with Gasteiger partial charge < -0.3 is 28.4 Å². The van der Waals surface area contributed by atoms with Crippen LogP contribution >= 0.6 is 0 Å². The normalized spacial score (nSPS) is 14.7. The second kappa shape index (κ2) is 24.1. The van der Waals surface area contributed by atoms with Crippen molar-refractivity contribution >= 4 is 65.5 Å². The summed E-state index contributed by atoms with van der Waals surface area (Å²) in [5.41, 5.74) is 3.41. The van der Waals surface area contributed by atoms with Gasteiger partial charge in [-0.2, -0.15) is 0 Å². The molecule has 370 valence electrons. The molecule has 0 N–H and O–H groups in total. The summed E-state index contributed by atoms with van der Waals surface area (Å²) in [6.07, 6.45) is 6.26. The van der Waals surface area contributed by atoms with Crippen LogP contribution in [-0.4, -0.2) is 60.8 Å². The molecule has 73 heavy (non-hydrogen) atoms. The van der Waals surface area contributed by atoms with Crippen molar-refractivity contribution in [2.45, 2.75) is 40.0 Å². The Labute approximate surface area is 420 Å². The zero-order chi connectivity index (χ0) is 52.0. The molecule has 1 heterocycles. The van der Waals surface area contributed by atoms with Crippen LogP contribution in [-0.2, 0) is 28.7 Å². The van der Waals surface area contributed by atoms with E-state index in [1.165, 1.54) is 84.9 Å². The van der Waals surface area contributed by atoms with Gasteiger partial charge in [0.1, 0.15) is 23.0 Å². The van der Waals surface area contributed by atoms with E-state index in [1.807, 2.05) is 6.92 Å². The minimum atomic E-state index is -0.691. The van der Waals surface area contributed by atoms with Gasteiger partial charge in [-0.05, 0) is 164 Å². The molecule has 2 amide bonds. The van der Waals surface area contributed by atoms with Gasteiger partial charge in [0, 0.05) is 18.1 Å². The average molecular weight is 984 g/mol. The van der Waals surface area contributed by atoms with E-state index in [9.17, 15) is 38.4 Å². The lowest BCUT2D eigenvalue weighted by molar-refractivity contribution is -0.138. The zero-order valence-electron chi connectivity index (χ0n) is 40.2. The molecule has 1 saturated heterocycles. The summed E-state index contributed by atoms with van der Waals surface area (Å²) in [6, 6.07) is 37.3. The van der Waals surface area contributed by atoms with E-state index < -0.39 is 47.7 Å². The van der Waals surface area contributed by atoms with Crippen molar-refractivity contribution in [3.05, 3.63) is 197 Å². The number of amides is 2. The van der Waals surface area contributed by atoms with Crippen LogP contribution in [0.15, 0.2) is 158 Å². The molecule has 0 aliphatic carbocycles. The minimum Gasteiger partial charge on any atom is -0.463 e. The number of esters is 6. The first-order valence-electron chi connectivity index (χ1n) is 23.3. The van der Waals surface area contributed by atoms with Crippen molar-refractivity contribution in [1.82, 2.24) is 0 Å². The molecule has 0 radical (unpaired) electrons. The second-order valence-electron chi connectivity index (χ2n) is 16.4. The fourth-order valence-corrected chi connectivity index (χ4v) is 7.90. The van der Waals surface area contributed by atoms with Gasteiger partial charge in [-0.3, -0.25) is 14.5 Å². The number of nitrogens with zero attached hydrogens (tertiary/aromatic N) is 1. The molecule has 1 aliphatic heterocycles. The van der Waals surface area contributed by atoms with Crippen molar-refractivity contribution in [1.29, 1.82) is 0 Å². The number of carbonyl (C=O) groups is 8. The van der Waals surface area contributed by atoms with E-state index >= 15 is 0 Å². The first kappa shape index (κ1) is 51.6. The van der Waals surface area contributed by atoms with Crippen molar-refractivity contribution in [3.63, 3.8) is 0 Å². The highest BCUT2D eigenvalue weighted by Crippen LogP contribution is 2.42. The first-order valence-corrected chi connectivity index (χ1v) is 23.3. The molecule has 15 nitrogen and oxygen atoms in total. The third kappa shape index (κ3) is 13.1. The molecule has 3 atom stereocenters. The standard InChI is InChI=1S/C58H49NO14/c1-5-49(39-18-26-45(27-19-39)70-57(66)42-20-28-46(29-21-42)71-55(64)40-14-8-37(9-15-40)12-34-50(60)68-6-2)52-36(4)53(62)59(54(52)63)44-24-32-48(33-25-44)73-58(67)43-22-30-47(31-23-43)72-56(65)41-16-10-38(11-17-41)13-35-51(61)69-7-3/h8-36,49,52H,5-7H2,1-4H3/b34-12+,35-13+. The van der Waals surface area contributed by atoms with Crippen LogP contribution in [0.1, 0.15) is 98.2 Å². The molecular weight excluding hydrogens is 935 g/mol. The molecule has 1 aliphatic rings. The van der Waals surface area contributed by atoms with Crippen molar-refractivity contribution in [2.24, 2.45) is 11.8 Å². The number of hydrogen-bond acceptors (Lipinski definition) is 14. The van der Waals surface area contributed by atoms with Gasteiger partial charge >= 0.3 is 35.8 Å². The maximum Gasteiger partial charge on any atom is 0.343 e. The zero-order valence-corrected chi connectivity index (χ0v) is 40.2. The molecule has 1 fully saturated rings. The summed E-state index contributed by atoms with van der Waals surface area (Å²) >= 11 is 0. The monoisotopic (exact) mass is 983 g/mol. The Kier molecular flexibility index (Phi) is 17.0. The molecule has 0 aromatic heterocycles. The number of carbonyl (C=O) groups excluding carboxylic acids is 8. The summed E-state index contributed by atoms with van der Waals surface area (Å²) < 4.78 is 31.8. The summed E-state index contributed by atoms with van der Waals surface area (Å²) in [6.45, 7) is 7.60. The summed E-state index contributed by atoms with van der Waals surface area (Å²) in [5.74, 6) is -5.13. The fraction of sp³-hybridized carbons (Fsp3) is 0.172. The molecular formula is C58H49NO14. The Hall–Kier alpha value is -9.24. The van der Waals surface area contributed by atoms with Gasteiger partial charge in [0.05, 0.1) is 47.1 Å². The van der Waals surface area contributed by atoms with Gasteiger partial charge in [-0.25, -0.2) is 28.8 Å². The van der Waals surface area contributed by atoms with Crippen LogP contribution < -0.4 is 23.8 Å². The average Bonchev–Trinajstić information content (AvgIpc) is 3.62. The number of rotatable bonds is 18. The van der Waals surface area contributed by atoms with Crippen LogP contribution in [0.4, 0.5) is 5.69 Å². The molecule has 6 aromatic carbocycles. The third-order valence-electron chi connectivity index (χ3n) is 11.6. The second-order valence-corrected chi connectivity index (χ2v) is 16.4. The quantitative estimate of drug-likeness (QED) is 0.0341. The van der Waals surface area contributed by atoms with E-state index in [4.69, 9.17) is 28.4 Å². The first-order chi connectivity index (χ1) is 35.2. The minimum absolute atomic E-state index is 0.168. The lowest BCUT2D eigenvalue weighted by atomic mass is 9.78. The van der Waals surface area contributed by atoms with Crippen LogP contribution in [0, 0.1) is 11.8 Å². The number of hydrogen-bond donors (Lipinski definition) is 0. The van der Waals surface area contributed by atoms with Crippen LogP contribution in [0.5, 0.6) is 23.0 Å². The van der Waals surface area contributed by atoms with E-state index in [0.717, 1.165) is 10.5 Å². The molecule has 15 heteroatoms. The highest BCUT2D eigenvalue weighted by molar-refractivity contribution is 6.22. The predicted molar refractivity (Wildman–Crippen MR) is 268 cm³/mol. The van der Waals surface area contributed by atoms with Crippen molar-refractivity contribution in [2.75, 3.05) is 18.1 Å². The Morgan fingerprint density at radius 3 is 1.14 bits per heavy atom. The lowest BCUT2D eigenvalue weighted by Gasteiger charge is -2.24. The van der Waals surface area contributed by atoms with Gasteiger partial charge in [0.25, 0.3) is 0 Å². The van der Waals surface area contributed by atoms with Crippen LogP contribution in [0.25, 0.3) is 12.2 Å². The van der Waals surface area contributed by atoms with E-state index in [0.29, 0.717) is 23.2 Å². The SMILES string of the molecule is CCOC(=O)/C=C/c1ccc(C(=O)Oc2ccc(C(=O)Oc3ccc(C(CC)C4C(=O)N(c5ccc(OC(=O)c6ccc(OC(=O)c7ccc(/C=C/C(=O)OCC)cc7)cc6)cc5)C(=O)C4C)cc3)cc2)cc1. The summed E-state index contributed by atoms with van der Waals surface area (Å²) in [5, 5.41) is 0. The van der Waals surface area contributed by atoms with Crippen LogP contribution in [0.3, 0.4) is 0 Å². The molecule has 0 saturated carbocycles. The maximum absolute atomic E-state index is 14.1. The topological polar surface area (TPSA) is 195 Å². The molecule has 3 unspecified atom stereocenters. The third-order valence-corrected chi connectivity index (χ3v) is 11.6. The predicted octanol–water partition coefficient (Wildman–Crippen LogP) is 10.0. The summed E-state index contributed by atoms with van der Waals surface area (Å²) in [7, 11) is 0. The van der Waals surface area contributed by atoms with E-state index in [-0.39, 0.29) is 76.2 Å². The molecule has 0 bridgehead atoms. The lowest BCUT2D eigenvalue weighted by Crippen LogP contribution is -2.31. The van der Waals surface area contributed by atoms with Crippen LogP contribution in [0.2, 0.25) is 0 Å². The Morgan fingerprint density at radius 2 is 0.795 bits per heavy atom. The Morgan fingerprint density at radius 1 is 0.466 bits per heavy atom. The van der Waals surface area contributed by atoms with E-state index in [2.05, 4.69) is 0 Å². The highest BCUT2D eigenvalue weighted by Gasteiger charge is 2.49. The highest BCUT2D eigenvalue weighted by atomic mass is 16.6. The number of imide groups is 1. The van der Waals surface area contributed by atoms with Gasteiger partial charge in [-0.1, -0.05) is 50.2 Å². The maximum atomic E-state index is 14.1.